The summed E-state index contributed by atoms with van der Waals surface area (Å²) in [5, 5.41) is -1.59. The van der Waals surface area contributed by atoms with Gasteiger partial charge in [0.25, 0.3) is 0 Å². The molecule has 30 heavy (non-hydrogen) atoms. The molecule has 0 fully saturated rings. The summed E-state index contributed by atoms with van der Waals surface area (Å²) in [6, 6.07) is 0. The number of aromatic nitrogens is 3. The second-order valence-electron chi connectivity index (χ2n) is 6.46. The molecule has 1 aromatic rings. The number of methoxy groups -OCH3 is 1. The summed E-state index contributed by atoms with van der Waals surface area (Å²) in [6.45, 7) is 1.89. The zero-order valence-electron chi connectivity index (χ0n) is 17.4. The van der Waals surface area contributed by atoms with Gasteiger partial charge in [-0.1, -0.05) is 13.3 Å². The SMILES string of the molecule is CCCCn1c(=O)n(CCCSC(C(N)=O)C(SC)C(N)=O)c(=O)n(COC)c1=O. The van der Waals surface area contributed by atoms with Gasteiger partial charge >= 0.3 is 17.1 Å². The molecule has 2 atom stereocenters. The van der Waals surface area contributed by atoms with Gasteiger partial charge in [0.1, 0.15) is 17.2 Å². The van der Waals surface area contributed by atoms with Gasteiger partial charge < -0.3 is 16.2 Å². The van der Waals surface area contributed by atoms with Crippen molar-refractivity contribution in [1.82, 2.24) is 13.7 Å². The Kier molecular flexibility index (Phi) is 11.0. The molecule has 0 aromatic carbocycles. The lowest BCUT2D eigenvalue weighted by molar-refractivity contribution is -0.122. The van der Waals surface area contributed by atoms with Gasteiger partial charge in [0, 0.05) is 20.2 Å². The smallest absolute Gasteiger partial charge is 0.338 e. The van der Waals surface area contributed by atoms with E-state index in [9.17, 15) is 24.0 Å². The first-order chi connectivity index (χ1) is 14.2. The molecule has 0 aliphatic carbocycles. The molecule has 0 spiro atoms. The Bertz CT molecular complexity index is 909. The summed E-state index contributed by atoms with van der Waals surface area (Å²) in [5.41, 5.74) is 8.57. The van der Waals surface area contributed by atoms with Crippen LogP contribution in [0.5, 0.6) is 0 Å². The molecule has 0 saturated carbocycles. The highest BCUT2D eigenvalue weighted by molar-refractivity contribution is 8.04. The van der Waals surface area contributed by atoms with Gasteiger partial charge in [0.05, 0.1) is 0 Å². The Labute approximate surface area is 182 Å². The predicted octanol–water partition coefficient (Wildman–Crippen LogP) is -1.23. The second-order valence-corrected chi connectivity index (χ2v) is 8.69. The summed E-state index contributed by atoms with van der Waals surface area (Å²) < 4.78 is 7.80. The van der Waals surface area contributed by atoms with Crippen molar-refractivity contribution in [2.45, 2.75) is 56.5 Å². The van der Waals surface area contributed by atoms with Crippen molar-refractivity contribution in [2.75, 3.05) is 19.1 Å². The average Bonchev–Trinajstić information content (AvgIpc) is 2.69. The number of hydrogen-bond donors (Lipinski definition) is 2. The van der Waals surface area contributed by atoms with Crippen LogP contribution in [-0.4, -0.2) is 55.1 Å². The molecule has 11 nitrogen and oxygen atoms in total. The first-order valence-electron chi connectivity index (χ1n) is 9.37. The predicted molar refractivity (Wildman–Crippen MR) is 118 cm³/mol. The lowest BCUT2D eigenvalue weighted by Gasteiger charge is -2.20. The van der Waals surface area contributed by atoms with Crippen LogP contribution in [0, 0.1) is 0 Å². The van der Waals surface area contributed by atoms with E-state index >= 15 is 0 Å². The minimum absolute atomic E-state index is 0.0345. The average molecular weight is 464 g/mol. The second kappa shape index (κ2) is 12.6. The largest absolute Gasteiger partial charge is 0.369 e. The van der Waals surface area contributed by atoms with Crippen molar-refractivity contribution in [3.63, 3.8) is 0 Å². The van der Waals surface area contributed by atoms with E-state index < -0.39 is 39.4 Å². The number of primary amides is 2. The third-order valence-electron chi connectivity index (χ3n) is 4.29. The van der Waals surface area contributed by atoms with Crippen molar-refractivity contribution < 1.29 is 14.3 Å². The Morgan fingerprint density at radius 1 is 0.933 bits per heavy atom. The molecule has 170 valence electrons. The lowest BCUT2D eigenvalue weighted by Crippen LogP contribution is -2.54. The van der Waals surface area contributed by atoms with Crippen LogP contribution in [0.15, 0.2) is 14.4 Å². The number of nitrogens with two attached hydrogens (primary N) is 2. The van der Waals surface area contributed by atoms with Crippen LogP contribution in [0.3, 0.4) is 0 Å². The molecule has 0 bridgehead atoms. The molecular weight excluding hydrogens is 434 g/mol. The van der Waals surface area contributed by atoms with E-state index in [2.05, 4.69) is 0 Å². The van der Waals surface area contributed by atoms with Crippen LogP contribution >= 0.6 is 23.5 Å². The fourth-order valence-corrected chi connectivity index (χ4v) is 4.97. The zero-order chi connectivity index (χ0) is 22.8. The van der Waals surface area contributed by atoms with Crippen molar-refractivity contribution in [2.24, 2.45) is 11.5 Å². The molecule has 0 aliphatic rings. The molecule has 0 aliphatic heterocycles. The number of nitrogens with zero attached hydrogens (tertiary/aromatic N) is 3. The highest BCUT2D eigenvalue weighted by Gasteiger charge is 2.30. The highest BCUT2D eigenvalue weighted by Crippen LogP contribution is 2.23. The first kappa shape index (κ1) is 26.0. The van der Waals surface area contributed by atoms with Gasteiger partial charge in [-0.15, -0.1) is 11.8 Å². The van der Waals surface area contributed by atoms with Crippen molar-refractivity contribution in [3.05, 3.63) is 31.5 Å². The maximum absolute atomic E-state index is 12.7. The zero-order valence-corrected chi connectivity index (χ0v) is 19.0. The summed E-state index contributed by atoms with van der Waals surface area (Å²) in [4.78, 5) is 60.9. The molecule has 13 heteroatoms. The summed E-state index contributed by atoms with van der Waals surface area (Å²) in [7, 11) is 1.35. The molecule has 1 aromatic heterocycles. The van der Waals surface area contributed by atoms with Crippen LogP contribution in [0.4, 0.5) is 0 Å². The van der Waals surface area contributed by atoms with Crippen molar-refractivity contribution in [3.8, 4) is 0 Å². The van der Waals surface area contributed by atoms with Gasteiger partial charge in [0.2, 0.25) is 11.8 Å². The van der Waals surface area contributed by atoms with Gasteiger partial charge in [-0.2, -0.15) is 11.8 Å². The maximum atomic E-state index is 12.7. The molecule has 2 unspecified atom stereocenters. The van der Waals surface area contributed by atoms with Gasteiger partial charge in [-0.25, -0.2) is 28.1 Å². The van der Waals surface area contributed by atoms with E-state index in [0.29, 0.717) is 18.6 Å². The monoisotopic (exact) mass is 463 g/mol. The third kappa shape index (κ3) is 6.51. The van der Waals surface area contributed by atoms with Crippen LogP contribution in [0.1, 0.15) is 26.2 Å². The fourth-order valence-electron chi connectivity index (χ4n) is 2.76. The highest BCUT2D eigenvalue weighted by atomic mass is 32.2. The van der Waals surface area contributed by atoms with Crippen molar-refractivity contribution in [1.29, 1.82) is 0 Å². The Morgan fingerprint density at radius 3 is 1.87 bits per heavy atom. The third-order valence-corrected chi connectivity index (χ3v) is 6.86. The minimum atomic E-state index is -0.821. The molecule has 4 N–H and O–H groups in total. The standard InChI is InChI=1S/C17H29N5O6S2/c1-4-5-7-20-15(25)21(17(27)22(10-28-2)16(20)26)8-6-9-30-12(14(19)24)11(29-3)13(18)23/h11-12H,4-10H2,1-3H3,(H2,18,23)(H2,19,24). The van der Waals surface area contributed by atoms with Crippen LogP contribution in [-0.2, 0) is 34.1 Å². The van der Waals surface area contributed by atoms with E-state index in [1.54, 1.807) is 6.26 Å². The molecular formula is C17H29N5O6S2. The molecule has 1 rings (SSSR count). The normalized spacial score (nSPS) is 13.2. The summed E-state index contributed by atoms with van der Waals surface area (Å²) in [6.07, 6.45) is 3.38. The summed E-state index contributed by atoms with van der Waals surface area (Å²) >= 11 is 2.28. The van der Waals surface area contributed by atoms with E-state index in [-0.39, 0.29) is 19.8 Å². The fraction of sp³-hybridized carbons (Fsp3) is 0.706. The number of thioether (sulfide) groups is 2. The van der Waals surface area contributed by atoms with Gasteiger partial charge in [-0.05, 0) is 24.9 Å². The number of unbranched alkanes of at least 4 members (excludes halogenated alkanes) is 1. The van der Waals surface area contributed by atoms with E-state index in [1.165, 1.54) is 7.11 Å². The number of rotatable bonds is 14. The maximum Gasteiger partial charge on any atom is 0.338 e. The van der Waals surface area contributed by atoms with E-state index in [0.717, 1.165) is 43.6 Å². The molecule has 2 amide bonds. The Morgan fingerprint density at radius 2 is 1.43 bits per heavy atom. The van der Waals surface area contributed by atoms with E-state index in [1.807, 2.05) is 6.92 Å². The topological polar surface area (TPSA) is 161 Å². The molecule has 1 heterocycles. The van der Waals surface area contributed by atoms with Crippen LogP contribution in [0.2, 0.25) is 0 Å². The van der Waals surface area contributed by atoms with Crippen LogP contribution in [0.25, 0.3) is 0 Å². The number of hydrogen-bond acceptors (Lipinski definition) is 8. The molecule has 0 radical (unpaired) electrons. The number of carbonyl (C=O) groups excluding carboxylic acids is 2. The van der Waals surface area contributed by atoms with Gasteiger partial charge in [0.15, 0.2) is 0 Å². The lowest BCUT2D eigenvalue weighted by atomic mass is 10.3. The quantitative estimate of drug-likeness (QED) is 0.324. The van der Waals surface area contributed by atoms with Crippen molar-refractivity contribution >= 4 is 35.3 Å². The van der Waals surface area contributed by atoms with Gasteiger partial charge in [-0.3, -0.25) is 9.59 Å². The Hall–Kier alpha value is -1.99. The minimum Gasteiger partial charge on any atom is -0.369 e. The molecule has 0 saturated heterocycles. The number of ether oxygens (including phenoxy) is 1. The Balaban J connectivity index is 3.05. The summed E-state index contributed by atoms with van der Waals surface area (Å²) in [5.74, 6) is -0.950. The van der Waals surface area contributed by atoms with E-state index in [4.69, 9.17) is 16.2 Å². The number of carbonyl (C=O) groups is 2. The first-order valence-corrected chi connectivity index (χ1v) is 11.7. The van der Waals surface area contributed by atoms with Crippen LogP contribution < -0.4 is 28.5 Å². The number of amides is 2.